The van der Waals surface area contributed by atoms with Crippen molar-refractivity contribution in [3.63, 3.8) is 0 Å². The van der Waals surface area contributed by atoms with Crippen molar-refractivity contribution in [3.05, 3.63) is 12.2 Å². The monoisotopic (exact) mass is 255 g/mol. The number of amides is 1. The van der Waals surface area contributed by atoms with E-state index < -0.39 is 23.2 Å². The van der Waals surface area contributed by atoms with E-state index in [-0.39, 0.29) is 6.61 Å². The second kappa shape index (κ2) is 5.42. The Balaban J connectivity index is 2.69. The van der Waals surface area contributed by atoms with Crippen LogP contribution in [0.25, 0.3) is 0 Å². The van der Waals surface area contributed by atoms with Gasteiger partial charge in [0.05, 0.1) is 6.61 Å². The summed E-state index contributed by atoms with van der Waals surface area (Å²) in [7, 11) is 0. The zero-order valence-corrected chi connectivity index (χ0v) is 11.4. The summed E-state index contributed by atoms with van der Waals surface area (Å²) < 4.78 is 10.2. The van der Waals surface area contributed by atoms with Crippen LogP contribution in [0, 0.1) is 0 Å². The lowest BCUT2D eigenvalue weighted by Gasteiger charge is -2.29. The fourth-order valence-corrected chi connectivity index (χ4v) is 1.74. The van der Waals surface area contributed by atoms with Crippen molar-refractivity contribution in [1.82, 2.24) is 5.32 Å². The molecule has 1 rings (SSSR count). The summed E-state index contributed by atoms with van der Waals surface area (Å²) in [5.74, 6) is -0.416. The van der Waals surface area contributed by atoms with Crippen LogP contribution in [0.2, 0.25) is 0 Å². The molecule has 0 spiro atoms. The maximum atomic E-state index is 11.9. The van der Waals surface area contributed by atoms with Crippen LogP contribution in [-0.4, -0.2) is 29.8 Å². The van der Waals surface area contributed by atoms with E-state index in [1.807, 2.05) is 12.2 Å². The van der Waals surface area contributed by atoms with Crippen molar-refractivity contribution in [2.45, 2.75) is 51.7 Å². The van der Waals surface area contributed by atoms with Crippen LogP contribution in [0.4, 0.5) is 4.79 Å². The highest BCUT2D eigenvalue weighted by Crippen LogP contribution is 2.26. The first kappa shape index (κ1) is 14.5. The predicted molar refractivity (Wildman–Crippen MR) is 67.1 cm³/mol. The third-order valence-corrected chi connectivity index (χ3v) is 2.51. The molecular formula is C13H21NO4. The Labute approximate surface area is 108 Å². The van der Waals surface area contributed by atoms with Crippen molar-refractivity contribution in [1.29, 1.82) is 0 Å². The van der Waals surface area contributed by atoms with E-state index in [1.165, 1.54) is 0 Å². The third kappa shape index (κ3) is 3.75. The van der Waals surface area contributed by atoms with E-state index in [2.05, 4.69) is 5.32 Å². The average Bonchev–Trinajstić information content (AvgIpc) is 2.64. The van der Waals surface area contributed by atoms with Gasteiger partial charge in [-0.3, -0.25) is 0 Å². The molecule has 1 N–H and O–H groups in total. The SMILES string of the molecule is CCOC(=O)C1(NC(=O)OC(C)(C)C)CC=CC1. The highest BCUT2D eigenvalue weighted by Gasteiger charge is 2.42. The number of ether oxygens (including phenoxy) is 2. The molecule has 5 heteroatoms. The maximum absolute atomic E-state index is 11.9. The number of carbonyl (C=O) groups excluding carboxylic acids is 2. The topological polar surface area (TPSA) is 64.6 Å². The van der Waals surface area contributed by atoms with Crippen LogP contribution in [0.1, 0.15) is 40.5 Å². The van der Waals surface area contributed by atoms with Crippen LogP contribution in [-0.2, 0) is 14.3 Å². The molecule has 0 aliphatic heterocycles. The van der Waals surface area contributed by atoms with Crippen molar-refractivity contribution >= 4 is 12.1 Å². The minimum Gasteiger partial charge on any atom is -0.464 e. The number of carbonyl (C=O) groups is 2. The Hall–Kier alpha value is -1.52. The fourth-order valence-electron chi connectivity index (χ4n) is 1.74. The zero-order valence-electron chi connectivity index (χ0n) is 11.4. The van der Waals surface area contributed by atoms with Gasteiger partial charge in [-0.2, -0.15) is 0 Å². The normalized spacial score (nSPS) is 17.3. The molecule has 102 valence electrons. The van der Waals surface area contributed by atoms with Crippen LogP contribution in [0.3, 0.4) is 0 Å². The summed E-state index contributed by atoms with van der Waals surface area (Å²) in [5, 5.41) is 2.64. The molecule has 5 nitrogen and oxygen atoms in total. The second-order valence-corrected chi connectivity index (χ2v) is 5.31. The van der Waals surface area contributed by atoms with Crippen LogP contribution < -0.4 is 5.32 Å². The van der Waals surface area contributed by atoms with Crippen LogP contribution in [0.15, 0.2) is 12.2 Å². The number of nitrogens with one attached hydrogen (secondary N) is 1. The number of esters is 1. The van der Waals surface area contributed by atoms with Crippen molar-refractivity contribution in [2.75, 3.05) is 6.61 Å². The van der Waals surface area contributed by atoms with Gasteiger partial charge in [-0.1, -0.05) is 12.2 Å². The van der Waals surface area contributed by atoms with Crippen LogP contribution >= 0.6 is 0 Å². The number of hydrogen-bond acceptors (Lipinski definition) is 4. The van der Waals surface area contributed by atoms with Gasteiger partial charge in [-0.05, 0) is 40.5 Å². The van der Waals surface area contributed by atoms with Gasteiger partial charge in [-0.15, -0.1) is 0 Å². The van der Waals surface area contributed by atoms with Gasteiger partial charge in [0.25, 0.3) is 0 Å². The van der Waals surface area contributed by atoms with Gasteiger partial charge in [0.15, 0.2) is 0 Å². The molecule has 0 saturated heterocycles. The molecule has 0 bridgehead atoms. The molecule has 0 atom stereocenters. The molecule has 0 saturated carbocycles. The zero-order chi connectivity index (χ0) is 13.8. The Bertz CT molecular complexity index is 346. The van der Waals surface area contributed by atoms with E-state index in [1.54, 1.807) is 27.7 Å². The van der Waals surface area contributed by atoms with Crippen molar-refractivity contribution < 1.29 is 19.1 Å². The molecule has 1 aliphatic carbocycles. The molecule has 0 fully saturated rings. The number of hydrogen-bond donors (Lipinski definition) is 1. The second-order valence-electron chi connectivity index (χ2n) is 5.31. The Kier molecular flexibility index (Phi) is 4.38. The molecule has 0 aromatic rings. The molecular weight excluding hydrogens is 234 g/mol. The largest absolute Gasteiger partial charge is 0.464 e. The Morgan fingerprint density at radius 3 is 2.28 bits per heavy atom. The van der Waals surface area contributed by atoms with Gasteiger partial charge < -0.3 is 14.8 Å². The molecule has 0 aromatic heterocycles. The summed E-state index contributed by atoms with van der Waals surface area (Å²) in [6.07, 6.45) is 3.98. The van der Waals surface area contributed by atoms with Gasteiger partial charge >= 0.3 is 12.1 Å². The molecule has 1 amide bonds. The first-order valence-electron chi connectivity index (χ1n) is 6.12. The van der Waals surface area contributed by atoms with Gasteiger partial charge in [0.2, 0.25) is 0 Å². The van der Waals surface area contributed by atoms with E-state index in [4.69, 9.17) is 9.47 Å². The van der Waals surface area contributed by atoms with Crippen molar-refractivity contribution in [3.8, 4) is 0 Å². The molecule has 1 aliphatic rings. The molecule has 0 heterocycles. The van der Waals surface area contributed by atoms with Gasteiger partial charge in [0.1, 0.15) is 11.1 Å². The van der Waals surface area contributed by atoms with Crippen LogP contribution in [0.5, 0.6) is 0 Å². The summed E-state index contributed by atoms with van der Waals surface area (Å²) in [6, 6.07) is 0. The van der Waals surface area contributed by atoms with Gasteiger partial charge in [0, 0.05) is 0 Å². The van der Waals surface area contributed by atoms with E-state index in [0.717, 1.165) is 0 Å². The van der Waals surface area contributed by atoms with E-state index in [0.29, 0.717) is 12.8 Å². The lowest BCUT2D eigenvalue weighted by Crippen LogP contribution is -2.54. The molecule has 18 heavy (non-hydrogen) atoms. The first-order valence-corrected chi connectivity index (χ1v) is 6.12. The molecule has 0 radical (unpaired) electrons. The standard InChI is InChI=1S/C13H21NO4/c1-5-17-10(15)13(8-6-7-9-13)14-11(16)18-12(2,3)4/h6-7H,5,8-9H2,1-4H3,(H,14,16). The molecule has 0 unspecified atom stereocenters. The quantitative estimate of drug-likeness (QED) is 0.620. The molecule has 0 aromatic carbocycles. The average molecular weight is 255 g/mol. The first-order chi connectivity index (χ1) is 8.29. The van der Waals surface area contributed by atoms with E-state index in [9.17, 15) is 9.59 Å². The Morgan fingerprint density at radius 2 is 1.83 bits per heavy atom. The highest BCUT2D eigenvalue weighted by molar-refractivity contribution is 5.87. The Morgan fingerprint density at radius 1 is 1.28 bits per heavy atom. The van der Waals surface area contributed by atoms with Gasteiger partial charge in [-0.25, -0.2) is 9.59 Å². The minimum absolute atomic E-state index is 0.288. The predicted octanol–water partition coefficient (Wildman–Crippen LogP) is 2.16. The number of rotatable bonds is 3. The summed E-state index contributed by atoms with van der Waals surface area (Å²) in [4.78, 5) is 23.7. The smallest absolute Gasteiger partial charge is 0.408 e. The maximum Gasteiger partial charge on any atom is 0.408 e. The number of alkyl carbamates (subject to hydrolysis) is 1. The fraction of sp³-hybridized carbons (Fsp3) is 0.692. The summed E-state index contributed by atoms with van der Waals surface area (Å²) in [6.45, 7) is 7.35. The van der Waals surface area contributed by atoms with E-state index >= 15 is 0 Å². The summed E-state index contributed by atoms with van der Waals surface area (Å²) >= 11 is 0. The third-order valence-electron chi connectivity index (χ3n) is 2.51. The lowest BCUT2D eigenvalue weighted by atomic mass is 9.97. The lowest BCUT2D eigenvalue weighted by molar-refractivity contribution is -0.150. The van der Waals surface area contributed by atoms with Crippen molar-refractivity contribution in [2.24, 2.45) is 0 Å². The highest BCUT2D eigenvalue weighted by atomic mass is 16.6. The minimum atomic E-state index is -1.00. The summed E-state index contributed by atoms with van der Waals surface area (Å²) in [5.41, 5.74) is -1.59.